The Hall–Kier alpha value is -0.500. The van der Waals surface area contributed by atoms with Crippen molar-refractivity contribution in [3.63, 3.8) is 0 Å². The number of aliphatic hydroxyl groups excluding tert-OH is 1. The van der Waals surface area contributed by atoms with Gasteiger partial charge in [0.2, 0.25) is 5.52 Å². The van der Waals surface area contributed by atoms with Crippen LogP contribution in [-0.2, 0) is 4.79 Å². The third kappa shape index (κ3) is 27.8. The SMILES string of the molecule is C=C=C(C)C.CCCCCO.CCP(O)C(=O)C[N+](C)(C)C. The Balaban J connectivity index is -0.000000277. The smallest absolute Gasteiger partial charge is 0.234 e. The standard InChI is InChI=1S/C7H17NO2P.C5H12O.C5H8/c1-5-11(10)7(9)6-8(2,3)4;1-2-3-4-5-6;1-4-5(2)3/h10H,5-6H2,1-4H3;6H,2-5H2,1H3;1H2,2-3H3/q+1;;. The first-order valence-corrected chi connectivity index (χ1v) is 9.27. The van der Waals surface area contributed by atoms with Gasteiger partial charge in [0.15, 0.2) is 0 Å². The quantitative estimate of drug-likeness (QED) is 0.324. The molecule has 0 aliphatic heterocycles. The summed E-state index contributed by atoms with van der Waals surface area (Å²) in [6.45, 7) is 12.1. The number of aliphatic hydroxyl groups is 1. The lowest BCUT2D eigenvalue weighted by atomic mass is 10.3. The van der Waals surface area contributed by atoms with Crippen LogP contribution in [0, 0.1) is 0 Å². The van der Waals surface area contributed by atoms with Gasteiger partial charge >= 0.3 is 0 Å². The highest BCUT2D eigenvalue weighted by Gasteiger charge is 2.20. The Labute approximate surface area is 139 Å². The number of carbonyl (C=O) groups is 1. The number of allylic oxidation sites excluding steroid dienone is 1. The minimum absolute atomic E-state index is 0.00463. The minimum atomic E-state index is -1.36. The summed E-state index contributed by atoms with van der Waals surface area (Å²) in [5.74, 6) is 0. The lowest BCUT2D eigenvalue weighted by Crippen LogP contribution is -2.39. The molecule has 5 heteroatoms. The summed E-state index contributed by atoms with van der Waals surface area (Å²) in [7, 11) is 4.47. The molecule has 22 heavy (non-hydrogen) atoms. The number of likely N-dealkylation sites (N-methyl/N-ethyl adjacent to an activating group) is 1. The van der Waals surface area contributed by atoms with Gasteiger partial charge in [0, 0.05) is 6.61 Å². The fourth-order valence-electron chi connectivity index (χ4n) is 1.03. The molecule has 0 amide bonds. The van der Waals surface area contributed by atoms with E-state index in [0.29, 0.717) is 23.8 Å². The van der Waals surface area contributed by atoms with Crippen LogP contribution in [0.4, 0.5) is 0 Å². The van der Waals surface area contributed by atoms with E-state index in [9.17, 15) is 9.69 Å². The molecule has 4 nitrogen and oxygen atoms in total. The van der Waals surface area contributed by atoms with E-state index in [1.165, 1.54) is 6.42 Å². The topological polar surface area (TPSA) is 57.5 Å². The summed E-state index contributed by atoms with van der Waals surface area (Å²) in [6, 6.07) is 0. The Bertz CT molecular complexity index is 310. The molecule has 0 aliphatic rings. The molecule has 0 bridgehead atoms. The first-order valence-electron chi connectivity index (χ1n) is 7.79. The van der Waals surface area contributed by atoms with Gasteiger partial charge in [-0.05, 0) is 32.0 Å². The normalized spacial score (nSPS) is 11.1. The maximum Gasteiger partial charge on any atom is 0.234 e. The van der Waals surface area contributed by atoms with Gasteiger partial charge in [0.25, 0.3) is 0 Å². The summed E-state index contributed by atoms with van der Waals surface area (Å²) >= 11 is 0. The number of rotatable bonds is 7. The fraction of sp³-hybridized carbons (Fsp3) is 0.765. The van der Waals surface area contributed by atoms with Crippen LogP contribution in [0.2, 0.25) is 0 Å². The van der Waals surface area contributed by atoms with Crippen LogP contribution in [-0.4, -0.2) is 60.5 Å². The molecule has 0 saturated heterocycles. The molecule has 0 radical (unpaired) electrons. The monoisotopic (exact) mass is 334 g/mol. The summed E-state index contributed by atoms with van der Waals surface area (Å²) in [4.78, 5) is 20.3. The molecule has 1 unspecified atom stereocenters. The second-order valence-electron chi connectivity index (χ2n) is 6.17. The van der Waals surface area contributed by atoms with Crippen molar-refractivity contribution in [1.82, 2.24) is 0 Å². The number of hydrogen-bond donors (Lipinski definition) is 2. The maximum atomic E-state index is 11.2. The zero-order valence-corrected chi connectivity index (χ0v) is 16.5. The van der Waals surface area contributed by atoms with Gasteiger partial charge in [-0.15, -0.1) is 5.73 Å². The number of nitrogens with zero attached hydrogens (tertiary/aromatic N) is 1. The van der Waals surface area contributed by atoms with Gasteiger partial charge < -0.3 is 14.5 Å². The van der Waals surface area contributed by atoms with Crippen LogP contribution in [0.3, 0.4) is 0 Å². The van der Waals surface area contributed by atoms with Gasteiger partial charge in [-0.2, -0.15) is 0 Å². The average Bonchev–Trinajstić information content (AvgIpc) is 2.43. The second kappa shape index (κ2) is 16.9. The van der Waals surface area contributed by atoms with Crippen molar-refractivity contribution in [1.29, 1.82) is 0 Å². The highest BCUT2D eigenvalue weighted by molar-refractivity contribution is 7.69. The molecule has 0 aromatic heterocycles. The van der Waals surface area contributed by atoms with Gasteiger partial charge in [-0.1, -0.05) is 33.3 Å². The summed E-state index contributed by atoms with van der Waals surface area (Å²) in [6.07, 6.45) is 3.90. The zero-order chi connectivity index (χ0) is 18.2. The zero-order valence-electron chi connectivity index (χ0n) is 15.6. The Morgan fingerprint density at radius 3 is 1.82 bits per heavy atom. The van der Waals surface area contributed by atoms with Crippen molar-refractivity contribution in [2.24, 2.45) is 0 Å². The maximum absolute atomic E-state index is 11.2. The molecule has 2 N–H and O–H groups in total. The van der Waals surface area contributed by atoms with Crippen LogP contribution in [0.5, 0.6) is 0 Å². The van der Waals surface area contributed by atoms with E-state index in [1.807, 2.05) is 41.9 Å². The van der Waals surface area contributed by atoms with Crippen molar-refractivity contribution in [3.05, 3.63) is 17.9 Å². The number of carbonyl (C=O) groups excluding carboxylic acids is 1. The van der Waals surface area contributed by atoms with Gasteiger partial charge in [0.05, 0.1) is 21.1 Å². The third-order valence-electron chi connectivity index (χ3n) is 2.31. The first kappa shape index (κ1) is 26.4. The van der Waals surface area contributed by atoms with Crippen LogP contribution in [0.15, 0.2) is 17.9 Å². The van der Waals surface area contributed by atoms with Gasteiger partial charge in [-0.3, -0.25) is 4.79 Å². The molecule has 1 atom stereocenters. The van der Waals surface area contributed by atoms with Crippen LogP contribution in [0.1, 0.15) is 47.0 Å². The van der Waals surface area contributed by atoms with E-state index >= 15 is 0 Å². The van der Waals surface area contributed by atoms with Crippen LogP contribution in [0.25, 0.3) is 0 Å². The predicted octanol–water partition coefficient (Wildman–Crippen LogP) is 3.53. The summed E-state index contributed by atoms with van der Waals surface area (Å²) in [5, 5.41) is 8.20. The van der Waals surface area contributed by atoms with Crippen molar-refractivity contribution in [3.8, 4) is 0 Å². The molecule has 0 aliphatic carbocycles. The number of unbranched alkanes of at least 4 members (excludes halogenated alkanes) is 2. The molecule has 132 valence electrons. The Morgan fingerprint density at radius 2 is 1.64 bits per heavy atom. The minimum Gasteiger partial charge on any atom is -0.396 e. The van der Waals surface area contributed by atoms with E-state index in [0.717, 1.165) is 18.4 Å². The molecular formula is C17H37NO3P+. The Kier molecular flexibility index (Phi) is 20.2. The van der Waals surface area contributed by atoms with E-state index in [2.05, 4.69) is 19.2 Å². The lowest BCUT2D eigenvalue weighted by Gasteiger charge is -2.23. The predicted molar refractivity (Wildman–Crippen MR) is 98.2 cm³/mol. The molecule has 0 fully saturated rings. The number of hydrogen-bond acceptors (Lipinski definition) is 3. The summed E-state index contributed by atoms with van der Waals surface area (Å²) in [5.41, 5.74) is 3.83. The first-order chi connectivity index (χ1) is 10.0. The Morgan fingerprint density at radius 1 is 1.18 bits per heavy atom. The highest BCUT2D eigenvalue weighted by atomic mass is 31.1. The molecule has 0 rings (SSSR count). The van der Waals surface area contributed by atoms with E-state index in [4.69, 9.17) is 5.11 Å². The fourth-order valence-corrected chi connectivity index (χ4v) is 1.97. The van der Waals surface area contributed by atoms with E-state index in [-0.39, 0.29) is 5.52 Å². The number of quaternary nitrogens is 1. The van der Waals surface area contributed by atoms with Crippen molar-refractivity contribution < 1.29 is 19.3 Å². The molecule has 0 aromatic rings. The summed E-state index contributed by atoms with van der Waals surface area (Å²) < 4.78 is 0.595. The van der Waals surface area contributed by atoms with Crippen LogP contribution >= 0.6 is 8.15 Å². The molecule has 0 spiro atoms. The molecule has 0 aromatic carbocycles. The average molecular weight is 334 g/mol. The molecule has 0 heterocycles. The van der Waals surface area contributed by atoms with Gasteiger partial charge in [0.1, 0.15) is 14.7 Å². The van der Waals surface area contributed by atoms with Crippen molar-refractivity contribution in [2.75, 3.05) is 40.5 Å². The second-order valence-corrected chi connectivity index (χ2v) is 8.10. The third-order valence-corrected chi connectivity index (χ3v) is 3.63. The van der Waals surface area contributed by atoms with Crippen molar-refractivity contribution in [2.45, 2.75) is 47.0 Å². The molecule has 0 saturated carbocycles. The molecular weight excluding hydrogens is 297 g/mol. The highest BCUT2D eigenvalue weighted by Crippen LogP contribution is 2.30. The van der Waals surface area contributed by atoms with Gasteiger partial charge in [-0.25, -0.2) is 0 Å². The van der Waals surface area contributed by atoms with Crippen LogP contribution < -0.4 is 0 Å². The van der Waals surface area contributed by atoms with E-state index in [1.54, 1.807) is 0 Å². The van der Waals surface area contributed by atoms with E-state index < -0.39 is 8.15 Å². The lowest BCUT2D eigenvalue weighted by molar-refractivity contribution is -0.861. The van der Waals surface area contributed by atoms with Crippen molar-refractivity contribution >= 4 is 13.7 Å². The largest absolute Gasteiger partial charge is 0.396 e.